The average molecular weight is 274 g/mol. The molecule has 2 rings (SSSR count). The Morgan fingerprint density at radius 2 is 1.95 bits per heavy atom. The van der Waals surface area contributed by atoms with Gasteiger partial charge in [-0.1, -0.05) is 18.2 Å². The summed E-state index contributed by atoms with van der Waals surface area (Å²) in [7, 11) is 1.28. The van der Waals surface area contributed by atoms with Crippen LogP contribution in [0.5, 0.6) is 0 Å². The number of nitrogens with zero attached hydrogens (tertiary/aromatic N) is 1. The molecular weight excluding hydrogens is 259 g/mol. The molecule has 0 saturated carbocycles. The molecule has 104 valence electrons. The first-order valence-corrected chi connectivity index (χ1v) is 6.10. The molecule has 0 aliphatic rings. The van der Waals surface area contributed by atoms with Crippen LogP contribution in [0.1, 0.15) is 12.6 Å². The number of anilines is 1. The molecule has 1 N–H and O–H groups in total. The first-order chi connectivity index (χ1) is 9.58. The van der Waals surface area contributed by atoms with E-state index >= 15 is 0 Å². The molecule has 1 unspecified atom stereocenters. The second kappa shape index (κ2) is 5.69. The standard InChI is InChI=1S/C15H15FN2O2/c1-15(14(19)20-2,13-9-5-6-10-17-13)18-12-8-4-3-7-11(12)16/h3-10,18H,1-2H3. The number of hydrogen-bond donors (Lipinski definition) is 1. The van der Waals surface area contributed by atoms with Crippen molar-refractivity contribution in [3.8, 4) is 0 Å². The molecule has 5 heteroatoms. The highest BCUT2D eigenvalue weighted by atomic mass is 19.1. The number of esters is 1. The third-order valence-electron chi connectivity index (χ3n) is 3.03. The van der Waals surface area contributed by atoms with Crippen LogP contribution in [0.15, 0.2) is 48.7 Å². The summed E-state index contributed by atoms with van der Waals surface area (Å²) in [6.45, 7) is 1.60. The molecule has 0 radical (unpaired) electrons. The summed E-state index contributed by atoms with van der Waals surface area (Å²) in [5.41, 5.74) is -0.598. The average Bonchev–Trinajstić information content (AvgIpc) is 2.49. The largest absolute Gasteiger partial charge is 0.467 e. The number of aromatic nitrogens is 1. The van der Waals surface area contributed by atoms with Gasteiger partial charge in [-0.25, -0.2) is 9.18 Å². The third-order valence-corrected chi connectivity index (χ3v) is 3.03. The molecule has 0 aliphatic carbocycles. The van der Waals surface area contributed by atoms with Gasteiger partial charge in [0.2, 0.25) is 0 Å². The fourth-order valence-corrected chi connectivity index (χ4v) is 1.91. The molecule has 1 aromatic heterocycles. The van der Waals surface area contributed by atoms with E-state index in [1.807, 2.05) is 0 Å². The number of pyridine rings is 1. The number of benzene rings is 1. The van der Waals surface area contributed by atoms with Crippen LogP contribution in [-0.2, 0) is 15.1 Å². The Hall–Kier alpha value is -2.43. The van der Waals surface area contributed by atoms with Gasteiger partial charge in [0.25, 0.3) is 0 Å². The Morgan fingerprint density at radius 1 is 1.25 bits per heavy atom. The number of ether oxygens (including phenoxy) is 1. The Kier molecular flexibility index (Phi) is 3.98. The van der Waals surface area contributed by atoms with E-state index < -0.39 is 17.3 Å². The lowest BCUT2D eigenvalue weighted by molar-refractivity contribution is -0.145. The van der Waals surface area contributed by atoms with Crippen LogP contribution in [0.25, 0.3) is 0 Å². The van der Waals surface area contributed by atoms with Gasteiger partial charge in [0.15, 0.2) is 5.54 Å². The van der Waals surface area contributed by atoms with Crippen LogP contribution in [-0.4, -0.2) is 18.1 Å². The zero-order valence-corrected chi connectivity index (χ0v) is 11.3. The molecule has 0 spiro atoms. The van der Waals surface area contributed by atoms with Gasteiger partial charge in [-0.15, -0.1) is 0 Å². The Bertz CT molecular complexity index is 604. The van der Waals surface area contributed by atoms with E-state index in [-0.39, 0.29) is 5.69 Å². The second-order valence-electron chi connectivity index (χ2n) is 4.44. The van der Waals surface area contributed by atoms with Gasteiger partial charge in [-0.05, 0) is 31.2 Å². The van der Waals surface area contributed by atoms with Crippen LogP contribution >= 0.6 is 0 Å². The van der Waals surface area contributed by atoms with Gasteiger partial charge in [0.05, 0.1) is 18.5 Å². The maximum Gasteiger partial charge on any atom is 0.337 e. The highest BCUT2D eigenvalue weighted by Gasteiger charge is 2.38. The zero-order chi connectivity index (χ0) is 14.6. The highest BCUT2D eigenvalue weighted by Crippen LogP contribution is 2.27. The lowest BCUT2D eigenvalue weighted by atomic mass is 9.96. The van der Waals surface area contributed by atoms with Gasteiger partial charge in [-0.2, -0.15) is 0 Å². The SMILES string of the molecule is COC(=O)C(C)(Nc1ccccc1F)c1ccccn1. The van der Waals surface area contributed by atoms with Crippen LogP contribution in [0, 0.1) is 5.82 Å². The van der Waals surface area contributed by atoms with Crippen molar-refractivity contribution >= 4 is 11.7 Å². The second-order valence-corrected chi connectivity index (χ2v) is 4.44. The molecule has 0 bridgehead atoms. The third kappa shape index (κ3) is 2.61. The lowest BCUT2D eigenvalue weighted by Gasteiger charge is -2.28. The van der Waals surface area contributed by atoms with Crippen molar-refractivity contribution in [2.75, 3.05) is 12.4 Å². The van der Waals surface area contributed by atoms with Gasteiger partial charge < -0.3 is 10.1 Å². The molecular formula is C15H15FN2O2. The van der Waals surface area contributed by atoms with E-state index in [0.717, 1.165) is 0 Å². The maximum atomic E-state index is 13.8. The summed E-state index contributed by atoms with van der Waals surface area (Å²) in [5.74, 6) is -0.988. The first-order valence-electron chi connectivity index (χ1n) is 6.10. The summed E-state index contributed by atoms with van der Waals surface area (Å²) in [5, 5.41) is 2.88. The Balaban J connectivity index is 2.44. The smallest absolute Gasteiger partial charge is 0.337 e. The molecule has 0 amide bonds. The maximum absolute atomic E-state index is 13.8. The van der Waals surface area contributed by atoms with Crippen LogP contribution in [0.4, 0.5) is 10.1 Å². The van der Waals surface area contributed by atoms with Gasteiger partial charge in [0, 0.05) is 6.20 Å². The Morgan fingerprint density at radius 3 is 2.55 bits per heavy atom. The molecule has 0 fully saturated rings. The molecule has 0 saturated heterocycles. The molecule has 1 heterocycles. The van der Waals surface area contributed by atoms with E-state index in [0.29, 0.717) is 5.69 Å². The number of hydrogen-bond acceptors (Lipinski definition) is 4. The molecule has 4 nitrogen and oxygen atoms in total. The minimum atomic E-state index is -1.27. The Labute approximate surface area is 116 Å². The van der Waals surface area contributed by atoms with Crippen LogP contribution in [0.2, 0.25) is 0 Å². The van der Waals surface area contributed by atoms with E-state index in [1.165, 1.54) is 13.2 Å². The summed E-state index contributed by atoms with van der Waals surface area (Å²) in [4.78, 5) is 16.3. The number of halogens is 1. The van der Waals surface area contributed by atoms with Crippen molar-refractivity contribution in [1.82, 2.24) is 4.98 Å². The fourth-order valence-electron chi connectivity index (χ4n) is 1.91. The molecule has 1 atom stereocenters. The van der Waals surface area contributed by atoms with E-state index in [1.54, 1.807) is 49.5 Å². The minimum absolute atomic E-state index is 0.214. The minimum Gasteiger partial charge on any atom is -0.467 e. The van der Waals surface area contributed by atoms with Gasteiger partial charge in [0.1, 0.15) is 5.82 Å². The summed E-state index contributed by atoms with van der Waals surface area (Å²) < 4.78 is 18.6. The first kappa shape index (κ1) is 14.0. The van der Waals surface area contributed by atoms with E-state index in [4.69, 9.17) is 4.74 Å². The van der Waals surface area contributed by atoms with Gasteiger partial charge in [-0.3, -0.25) is 4.98 Å². The predicted octanol–water partition coefficient (Wildman–Crippen LogP) is 2.72. The summed E-state index contributed by atoms with van der Waals surface area (Å²) in [6, 6.07) is 11.3. The number of carbonyl (C=O) groups excluding carboxylic acids is 1. The normalized spacial score (nSPS) is 13.3. The number of nitrogens with one attached hydrogen (secondary N) is 1. The van der Waals surface area contributed by atoms with Crippen LogP contribution in [0.3, 0.4) is 0 Å². The monoisotopic (exact) mass is 274 g/mol. The predicted molar refractivity (Wildman–Crippen MR) is 73.6 cm³/mol. The number of methoxy groups -OCH3 is 1. The molecule has 2 aromatic rings. The number of para-hydroxylation sites is 1. The molecule has 0 aliphatic heterocycles. The van der Waals surface area contributed by atoms with Crippen molar-refractivity contribution in [1.29, 1.82) is 0 Å². The summed E-state index contributed by atoms with van der Waals surface area (Å²) in [6.07, 6.45) is 1.57. The number of carbonyl (C=O) groups is 1. The lowest BCUT2D eigenvalue weighted by Crippen LogP contribution is -2.42. The highest BCUT2D eigenvalue weighted by molar-refractivity contribution is 5.85. The van der Waals surface area contributed by atoms with Crippen molar-refractivity contribution in [2.24, 2.45) is 0 Å². The van der Waals surface area contributed by atoms with Crippen LogP contribution < -0.4 is 5.32 Å². The van der Waals surface area contributed by atoms with Crippen molar-refractivity contribution in [2.45, 2.75) is 12.5 Å². The van der Waals surface area contributed by atoms with Gasteiger partial charge >= 0.3 is 5.97 Å². The molecule has 20 heavy (non-hydrogen) atoms. The van der Waals surface area contributed by atoms with Crippen molar-refractivity contribution < 1.29 is 13.9 Å². The van der Waals surface area contributed by atoms with E-state index in [2.05, 4.69) is 10.3 Å². The number of rotatable bonds is 4. The molecule has 1 aromatic carbocycles. The van der Waals surface area contributed by atoms with Crippen molar-refractivity contribution in [3.63, 3.8) is 0 Å². The fraction of sp³-hybridized carbons (Fsp3) is 0.200. The zero-order valence-electron chi connectivity index (χ0n) is 11.3. The van der Waals surface area contributed by atoms with E-state index in [9.17, 15) is 9.18 Å². The topological polar surface area (TPSA) is 51.2 Å². The summed E-state index contributed by atoms with van der Waals surface area (Å²) >= 11 is 0. The van der Waals surface area contributed by atoms with Crippen molar-refractivity contribution in [3.05, 3.63) is 60.2 Å². The quantitative estimate of drug-likeness (QED) is 0.871.